The number of rotatable bonds is 4. The van der Waals surface area contributed by atoms with Gasteiger partial charge in [0, 0.05) is 29.8 Å². The first-order chi connectivity index (χ1) is 10.8. The molecule has 1 aromatic rings. The third-order valence-corrected chi connectivity index (χ3v) is 4.29. The predicted octanol–water partition coefficient (Wildman–Crippen LogP) is 2.73. The third kappa shape index (κ3) is 4.72. The van der Waals surface area contributed by atoms with Crippen LogP contribution < -0.4 is 5.32 Å². The lowest BCUT2D eigenvalue weighted by Gasteiger charge is -2.25. The van der Waals surface area contributed by atoms with Crippen LogP contribution in [-0.4, -0.2) is 41.1 Å². The molecule has 2 heterocycles. The van der Waals surface area contributed by atoms with Crippen molar-refractivity contribution in [2.24, 2.45) is 0 Å². The topological polar surface area (TPSA) is 69.6 Å². The Morgan fingerprint density at radius 2 is 2.13 bits per heavy atom. The summed E-state index contributed by atoms with van der Waals surface area (Å²) < 4.78 is 37.7. The van der Waals surface area contributed by atoms with Crippen LogP contribution in [0.15, 0.2) is 23.6 Å². The van der Waals surface area contributed by atoms with Gasteiger partial charge < -0.3 is 15.3 Å². The van der Waals surface area contributed by atoms with E-state index in [9.17, 15) is 27.9 Å². The molecule has 2 rings (SSSR count). The van der Waals surface area contributed by atoms with E-state index in [0.29, 0.717) is 19.5 Å². The molecule has 1 aliphatic rings. The summed E-state index contributed by atoms with van der Waals surface area (Å²) in [6.45, 7) is 0.862. The number of thiophene rings is 1. The number of carboxylic acid groups (broad SMARTS) is 1. The molecule has 0 spiro atoms. The van der Waals surface area contributed by atoms with E-state index < -0.39 is 29.8 Å². The van der Waals surface area contributed by atoms with E-state index >= 15 is 0 Å². The number of nitrogens with zero attached hydrogens (tertiary/aromatic N) is 1. The van der Waals surface area contributed by atoms with Crippen molar-refractivity contribution in [2.75, 3.05) is 13.1 Å². The van der Waals surface area contributed by atoms with Gasteiger partial charge in [-0.3, -0.25) is 0 Å². The molecule has 0 aliphatic carbocycles. The van der Waals surface area contributed by atoms with Gasteiger partial charge in [-0.05, 0) is 12.5 Å². The van der Waals surface area contributed by atoms with Crippen molar-refractivity contribution >= 4 is 23.3 Å². The summed E-state index contributed by atoms with van der Waals surface area (Å²) >= 11 is 0.825. The Hall–Kier alpha value is -2.03. The second-order valence-corrected chi connectivity index (χ2v) is 6.05. The van der Waals surface area contributed by atoms with E-state index in [1.807, 2.05) is 6.08 Å². The number of urea groups is 1. The molecule has 9 heteroatoms. The molecule has 0 aromatic carbocycles. The smallest absolute Gasteiger partial charge is 0.417 e. The molecule has 1 atom stereocenters. The molecule has 1 aliphatic heterocycles. The molecule has 2 amide bonds. The molecule has 0 saturated heterocycles. The molecule has 0 radical (unpaired) electrons. The van der Waals surface area contributed by atoms with Gasteiger partial charge in [0.2, 0.25) is 0 Å². The molecule has 2 N–H and O–H groups in total. The first kappa shape index (κ1) is 17.3. The maximum atomic E-state index is 12.6. The molecular formula is C14H15F3N2O3S. The number of amides is 2. The Morgan fingerprint density at radius 1 is 1.39 bits per heavy atom. The van der Waals surface area contributed by atoms with Crippen molar-refractivity contribution in [3.8, 4) is 0 Å². The minimum Gasteiger partial charge on any atom is -0.480 e. The highest BCUT2D eigenvalue weighted by atomic mass is 32.1. The number of hydrogen-bond acceptors (Lipinski definition) is 3. The van der Waals surface area contributed by atoms with E-state index in [1.54, 1.807) is 6.08 Å². The highest BCUT2D eigenvalue weighted by Crippen LogP contribution is 2.32. The average Bonchev–Trinajstić information content (AvgIpc) is 2.96. The van der Waals surface area contributed by atoms with Gasteiger partial charge in [-0.15, -0.1) is 11.3 Å². The predicted molar refractivity (Wildman–Crippen MR) is 78.3 cm³/mol. The zero-order valence-electron chi connectivity index (χ0n) is 12.0. The minimum absolute atomic E-state index is 0.189. The summed E-state index contributed by atoms with van der Waals surface area (Å²) in [7, 11) is 0. The normalized spacial score (nSPS) is 16.2. The Bertz CT molecular complexity index is 613. The van der Waals surface area contributed by atoms with Gasteiger partial charge >= 0.3 is 18.2 Å². The first-order valence-electron chi connectivity index (χ1n) is 6.85. The molecule has 1 aromatic heterocycles. The highest BCUT2D eigenvalue weighted by molar-refractivity contribution is 7.10. The standard InChI is InChI=1S/C14H15F3N2O3S/c15-14(16,17)9-6-10(23-8-9)7-11(12(20)21)18-13(22)19-4-2-1-3-5-19/h1-2,6,8,11H,3-5,7H2,(H,18,22)(H,20,21). The number of carbonyl (C=O) groups is 2. The summed E-state index contributed by atoms with van der Waals surface area (Å²) in [6.07, 6.45) is -0.246. The molecule has 126 valence electrons. The lowest BCUT2D eigenvalue weighted by Crippen LogP contribution is -2.49. The van der Waals surface area contributed by atoms with Crippen LogP contribution >= 0.6 is 11.3 Å². The number of alkyl halides is 3. The fourth-order valence-corrected chi connectivity index (χ4v) is 3.04. The van der Waals surface area contributed by atoms with Crippen molar-refractivity contribution in [3.63, 3.8) is 0 Å². The second kappa shape index (κ2) is 7.03. The number of carboxylic acids is 1. The molecule has 0 fully saturated rings. The second-order valence-electron chi connectivity index (χ2n) is 5.05. The van der Waals surface area contributed by atoms with Crippen molar-refractivity contribution in [1.29, 1.82) is 0 Å². The molecule has 5 nitrogen and oxygen atoms in total. The lowest BCUT2D eigenvalue weighted by atomic mass is 10.1. The van der Waals surface area contributed by atoms with Crippen LogP contribution in [0.2, 0.25) is 0 Å². The lowest BCUT2D eigenvalue weighted by molar-refractivity contribution is -0.139. The minimum atomic E-state index is -4.46. The quantitative estimate of drug-likeness (QED) is 0.822. The average molecular weight is 348 g/mol. The third-order valence-electron chi connectivity index (χ3n) is 3.33. The van der Waals surface area contributed by atoms with E-state index in [2.05, 4.69) is 5.32 Å². The molecular weight excluding hydrogens is 333 g/mol. The number of hydrogen-bond donors (Lipinski definition) is 2. The summed E-state index contributed by atoms with van der Waals surface area (Å²) in [4.78, 5) is 25.0. The van der Waals surface area contributed by atoms with Gasteiger partial charge in [0.1, 0.15) is 6.04 Å². The van der Waals surface area contributed by atoms with Crippen LogP contribution in [0.1, 0.15) is 16.9 Å². The molecule has 0 saturated carbocycles. The van der Waals surface area contributed by atoms with Crippen LogP contribution in [-0.2, 0) is 17.4 Å². The number of halogens is 3. The zero-order valence-corrected chi connectivity index (χ0v) is 12.8. The van der Waals surface area contributed by atoms with Crippen molar-refractivity contribution in [1.82, 2.24) is 10.2 Å². The van der Waals surface area contributed by atoms with Crippen LogP contribution in [0.4, 0.5) is 18.0 Å². The fraction of sp³-hybridized carbons (Fsp3) is 0.429. The number of aliphatic carboxylic acids is 1. The Morgan fingerprint density at radius 3 is 2.65 bits per heavy atom. The highest BCUT2D eigenvalue weighted by Gasteiger charge is 2.32. The maximum absolute atomic E-state index is 12.6. The van der Waals surface area contributed by atoms with Gasteiger partial charge in [-0.1, -0.05) is 12.2 Å². The van der Waals surface area contributed by atoms with E-state index in [1.165, 1.54) is 4.90 Å². The molecule has 0 bridgehead atoms. The van der Waals surface area contributed by atoms with Crippen LogP contribution in [0.5, 0.6) is 0 Å². The van der Waals surface area contributed by atoms with E-state index in [0.717, 1.165) is 22.8 Å². The van der Waals surface area contributed by atoms with Crippen LogP contribution in [0.3, 0.4) is 0 Å². The van der Waals surface area contributed by atoms with Crippen molar-refractivity contribution in [3.05, 3.63) is 34.0 Å². The number of carbonyl (C=O) groups excluding carboxylic acids is 1. The van der Waals surface area contributed by atoms with Crippen molar-refractivity contribution in [2.45, 2.75) is 25.1 Å². The monoisotopic (exact) mass is 348 g/mol. The first-order valence-corrected chi connectivity index (χ1v) is 7.73. The summed E-state index contributed by atoms with van der Waals surface area (Å²) in [5.74, 6) is -1.28. The van der Waals surface area contributed by atoms with Gasteiger partial charge in [-0.25, -0.2) is 9.59 Å². The Kier molecular flexibility index (Phi) is 5.30. The fourth-order valence-electron chi connectivity index (χ4n) is 2.10. The largest absolute Gasteiger partial charge is 0.480 e. The summed E-state index contributed by atoms with van der Waals surface area (Å²) in [5, 5.41) is 12.5. The summed E-state index contributed by atoms with van der Waals surface area (Å²) in [5.41, 5.74) is -0.811. The molecule has 1 unspecified atom stereocenters. The maximum Gasteiger partial charge on any atom is 0.417 e. The van der Waals surface area contributed by atoms with E-state index in [-0.39, 0.29) is 11.3 Å². The van der Waals surface area contributed by atoms with Crippen LogP contribution in [0, 0.1) is 0 Å². The van der Waals surface area contributed by atoms with Crippen molar-refractivity contribution < 1.29 is 27.9 Å². The van der Waals surface area contributed by atoms with E-state index in [4.69, 9.17) is 0 Å². The van der Waals surface area contributed by atoms with Gasteiger partial charge in [0.25, 0.3) is 0 Å². The number of nitrogens with one attached hydrogen (secondary N) is 1. The Labute approximate surface area is 134 Å². The SMILES string of the molecule is O=C(O)C(Cc1cc(C(F)(F)F)cs1)NC(=O)N1CC=CCC1. The summed E-state index contributed by atoms with van der Waals surface area (Å²) in [6, 6.07) is -0.890. The molecule has 23 heavy (non-hydrogen) atoms. The van der Waals surface area contributed by atoms with Crippen LogP contribution in [0.25, 0.3) is 0 Å². The zero-order chi connectivity index (χ0) is 17.0. The van der Waals surface area contributed by atoms with Gasteiger partial charge in [0.05, 0.1) is 5.56 Å². The van der Waals surface area contributed by atoms with Gasteiger partial charge in [-0.2, -0.15) is 13.2 Å². The van der Waals surface area contributed by atoms with Gasteiger partial charge in [0.15, 0.2) is 0 Å². The Balaban J connectivity index is 2.01.